The Balaban J connectivity index is 1.97. The molecule has 0 aliphatic rings. The zero-order valence-electron chi connectivity index (χ0n) is 9.94. The van der Waals surface area contributed by atoms with Crippen LogP contribution < -0.4 is 10.9 Å². The number of amides is 2. The van der Waals surface area contributed by atoms with Crippen molar-refractivity contribution in [3.63, 3.8) is 0 Å². The van der Waals surface area contributed by atoms with E-state index in [1.807, 2.05) is 36.7 Å². The van der Waals surface area contributed by atoms with Gasteiger partial charge >= 0.3 is 0 Å². The second kappa shape index (κ2) is 5.32. The Morgan fingerprint density at radius 1 is 0.889 bits per heavy atom. The molecule has 94 valence electrons. The minimum absolute atomic E-state index is 0.287. The summed E-state index contributed by atoms with van der Waals surface area (Å²) in [5.41, 5.74) is 6.64. The van der Waals surface area contributed by atoms with Crippen LogP contribution >= 0.6 is 22.7 Å². The van der Waals surface area contributed by atoms with Gasteiger partial charge in [-0.3, -0.25) is 20.4 Å². The Labute approximate surface area is 113 Å². The smallest absolute Gasteiger partial charge is 0.266 e. The number of carbonyl (C=O) groups excluding carboxylic acids is 2. The predicted octanol–water partition coefficient (Wildman–Crippen LogP) is 2.50. The van der Waals surface area contributed by atoms with Crippen LogP contribution in [0.15, 0.2) is 22.9 Å². The van der Waals surface area contributed by atoms with Gasteiger partial charge in [-0.15, -0.1) is 22.7 Å². The first-order chi connectivity index (χ1) is 8.59. The molecule has 0 aliphatic carbocycles. The minimum atomic E-state index is -0.287. The summed E-state index contributed by atoms with van der Waals surface area (Å²) in [4.78, 5) is 24.8. The van der Waals surface area contributed by atoms with E-state index in [4.69, 9.17) is 0 Å². The summed E-state index contributed by atoms with van der Waals surface area (Å²) in [7, 11) is 0. The number of aryl methyl sites for hydroxylation is 2. The van der Waals surface area contributed by atoms with Gasteiger partial charge in [0, 0.05) is 0 Å². The summed E-state index contributed by atoms with van der Waals surface area (Å²) in [5, 5.41) is 3.69. The average Bonchev–Trinajstić information content (AvgIpc) is 2.94. The summed E-state index contributed by atoms with van der Waals surface area (Å²) in [6, 6.07) is 3.73. The van der Waals surface area contributed by atoms with Crippen LogP contribution in [0, 0.1) is 13.8 Å². The summed E-state index contributed by atoms with van der Waals surface area (Å²) in [6.45, 7) is 3.72. The van der Waals surface area contributed by atoms with E-state index in [1.165, 1.54) is 22.7 Å². The van der Waals surface area contributed by atoms with Gasteiger partial charge in [-0.25, -0.2) is 0 Å². The van der Waals surface area contributed by atoms with Crippen molar-refractivity contribution in [1.29, 1.82) is 0 Å². The number of hydrogen-bond acceptors (Lipinski definition) is 4. The molecule has 6 heteroatoms. The molecule has 2 amide bonds. The third-order valence-electron chi connectivity index (χ3n) is 2.43. The largest absolute Gasteiger partial charge is 0.280 e. The lowest BCUT2D eigenvalue weighted by Crippen LogP contribution is -2.41. The molecule has 0 atom stereocenters. The van der Waals surface area contributed by atoms with Crippen molar-refractivity contribution in [3.05, 3.63) is 43.8 Å². The van der Waals surface area contributed by atoms with Gasteiger partial charge < -0.3 is 0 Å². The molecule has 2 aromatic heterocycles. The highest BCUT2D eigenvalue weighted by Crippen LogP contribution is 2.16. The fourth-order valence-electron chi connectivity index (χ4n) is 1.44. The van der Waals surface area contributed by atoms with Gasteiger partial charge in [0.25, 0.3) is 11.8 Å². The van der Waals surface area contributed by atoms with E-state index in [2.05, 4.69) is 10.9 Å². The number of thiophene rings is 2. The molecule has 0 bridgehead atoms. The fourth-order valence-corrected chi connectivity index (χ4v) is 3.08. The maximum atomic E-state index is 11.8. The van der Waals surface area contributed by atoms with E-state index in [9.17, 15) is 9.59 Å². The Bertz CT molecular complexity index is 534. The maximum absolute atomic E-state index is 11.8. The summed E-state index contributed by atoms with van der Waals surface area (Å²) in [6.07, 6.45) is 0. The minimum Gasteiger partial charge on any atom is -0.266 e. The molecular weight excluding hydrogens is 268 g/mol. The lowest BCUT2D eigenvalue weighted by Gasteiger charge is -2.06. The van der Waals surface area contributed by atoms with Crippen LogP contribution in [0.2, 0.25) is 0 Å². The molecule has 0 unspecified atom stereocenters. The normalized spacial score (nSPS) is 10.1. The van der Waals surface area contributed by atoms with E-state index >= 15 is 0 Å². The number of rotatable bonds is 2. The number of carbonyl (C=O) groups is 2. The standard InChI is InChI=1S/C12H12N2O2S2/c1-7-3-5-17-9(7)11(15)13-14-12(16)10-8(2)4-6-18-10/h3-6H,1-2H3,(H,13,15)(H,14,16). The first kappa shape index (κ1) is 12.8. The van der Waals surface area contributed by atoms with Gasteiger partial charge in [0.05, 0.1) is 9.75 Å². The Morgan fingerprint density at radius 2 is 1.28 bits per heavy atom. The van der Waals surface area contributed by atoms with Crippen LogP contribution in [0.25, 0.3) is 0 Å². The van der Waals surface area contributed by atoms with E-state index in [0.717, 1.165) is 11.1 Å². The second-order valence-electron chi connectivity index (χ2n) is 3.77. The maximum Gasteiger partial charge on any atom is 0.280 e. The zero-order chi connectivity index (χ0) is 13.1. The number of hydrogen-bond donors (Lipinski definition) is 2. The highest BCUT2D eigenvalue weighted by atomic mass is 32.1. The van der Waals surface area contributed by atoms with Gasteiger partial charge in [0.2, 0.25) is 0 Å². The second-order valence-corrected chi connectivity index (χ2v) is 5.61. The molecule has 0 aromatic carbocycles. The first-order valence-electron chi connectivity index (χ1n) is 5.28. The van der Waals surface area contributed by atoms with Gasteiger partial charge in [0.1, 0.15) is 0 Å². The van der Waals surface area contributed by atoms with Crippen molar-refractivity contribution >= 4 is 34.5 Å². The van der Waals surface area contributed by atoms with Crippen molar-refractivity contribution in [3.8, 4) is 0 Å². The molecule has 2 heterocycles. The Morgan fingerprint density at radius 3 is 1.56 bits per heavy atom. The topological polar surface area (TPSA) is 58.2 Å². The quantitative estimate of drug-likeness (QED) is 0.830. The Kier molecular flexibility index (Phi) is 3.78. The first-order valence-corrected chi connectivity index (χ1v) is 7.04. The molecule has 0 radical (unpaired) electrons. The van der Waals surface area contributed by atoms with Gasteiger partial charge in [-0.05, 0) is 47.9 Å². The SMILES string of the molecule is Cc1ccsc1C(=O)NNC(=O)c1sccc1C. The molecule has 0 fully saturated rings. The lowest BCUT2D eigenvalue weighted by molar-refractivity contribution is 0.0850. The summed E-state index contributed by atoms with van der Waals surface area (Å²) >= 11 is 2.70. The van der Waals surface area contributed by atoms with Crippen LogP contribution in [0.4, 0.5) is 0 Å². The van der Waals surface area contributed by atoms with Crippen molar-refractivity contribution in [2.75, 3.05) is 0 Å². The zero-order valence-corrected chi connectivity index (χ0v) is 11.6. The van der Waals surface area contributed by atoms with Gasteiger partial charge in [0.15, 0.2) is 0 Å². The van der Waals surface area contributed by atoms with Crippen LogP contribution in [-0.2, 0) is 0 Å². The molecule has 0 saturated carbocycles. The molecule has 4 nitrogen and oxygen atoms in total. The van der Waals surface area contributed by atoms with Crippen LogP contribution in [-0.4, -0.2) is 11.8 Å². The molecule has 18 heavy (non-hydrogen) atoms. The van der Waals surface area contributed by atoms with Crippen LogP contribution in [0.5, 0.6) is 0 Å². The highest BCUT2D eigenvalue weighted by molar-refractivity contribution is 7.12. The predicted molar refractivity (Wildman–Crippen MR) is 73.0 cm³/mol. The molecule has 0 saturated heterocycles. The van der Waals surface area contributed by atoms with Crippen molar-refractivity contribution in [1.82, 2.24) is 10.9 Å². The molecule has 2 aromatic rings. The average molecular weight is 280 g/mol. The third kappa shape index (κ3) is 2.60. The number of hydrazine groups is 1. The van der Waals surface area contributed by atoms with Crippen molar-refractivity contribution in [2.45, 2.75) is 13.8 Å². The van der Waals surface area contributed by atoms with Crippen LogP contribution in [0.1, 0.15) is 30.5 Å². The Hall–Kier alpha value is -1.66. The van der Waals surface area contributed by atoms with E-state index in [0.29, 0.717) is 9.75 Å². The van der Waals surface area contributed by atoms with Crippen molar-refractivity contribution < 1.29 is 9.59 Å². The molecule has 2 N–H and O–H groups in total. The van der Waals surface area contributed by atoms with E-state index < -0.39 is 0 Å². The summed E-state index contributed by atoms with van der Waals surface area (Å²) < 4.78 is 0. The van der Waals surface area contributed by atoms with Crippen LogP contribution in [0.3, 0.4) is 0 Å². The van der Waals surface area contributed by atoms with Gasteiger partial charge in [-0.1, -0.05) is 0 Å². The molecule has 2 rings (SSSR count). The highest BCUT2D eigenvalue weighted by Gasteiger charge is 2.13. The molecule has 0 aliphatic heterocycles. The number of nitrogens with one attached hydrogen (secondary N) is 2. The summed E-state index contributed by atoms with van der Waals surface area (Å²) in [5.74, 6) is -0.574. The lowest BCUT2D eigenvalue weighted by atomic mass is 10.3. The van der Waals surface area contributed by atoms with Gasteiger partial charge in [-0.2, -0.15) is 0 Å². The third-order valence-corrected chi connectivity index (χ3v) is 4.46. The molecule has 0 spiro atoms. The van der Waals surface area contributed by atoms with E-state index in [1.54, 1.807) is 0 Å². The molecular formula is C12H12N2O2S2. The van der Waals surface area contributed by atoms with E-state index in [-0.39, 0.29) is 11.8 Å². The monoisotopic (exact) mass is 280 g/mol. The fraction of sp³-hybridized carbons (Fsp3) is 0.167. The van der Waals surface area contributed by atoms with Crippen molar-refractivity contribution in [2.24, 2.45) is 0 Å².